The molecule has 0 aliphatic rings. The molecule has 3 aromatic heterocycles. The van der Waals surface area contributed by atoms with Gasteiger partial charge in [0.05, 0.1) is 28.8 Å². The summed E-state index contributed by atoms with van der Waals surface area (Å²) in [4.78, 5) is 32.9. The first-order valence-electron chi connectivity index (χ1n) is 7.55. The van der Waals surface area contributed by atoms with Gasteiger partial charge in [0.1, 0.15) is 12.3 Å². The van der Waals surface area contributed by atoms with Crippen LogP contribution in [0.5, 0.6) is 0 Å². The van der Waals surface area contributed by atoms with Gasteiger partial charge in [0.2, 0.25) is 5.89 Å². The first kappa shape index (κ1) is 15.9. The van der Waals surface area contributed by atoms with Crippen molar-refractivity contribution in [3.63, 3.8) is 0 Å². The molecule has 0 fully saturated rings. The average molecular weight is 327 g/mol. The van der Waals surface area contributed by atoms with E-state index in [4.69, 9.17) is 9.15 Å². The third kappa shape index (κ3) is 3.19. The molecule has 3 heterocycles. The van der Waals surface area contributed by atoms with Gasteiger partial charge in [-0.25, -0.2) is 9.78 Å². The van der Waals surface area contributed by atoms with Gasteiger partial charge in [-0.15, -0.1) is 0 Å². The zero-order chi connectivity index (χ0) is 17.3. The predicted molar refractivity (Wildman–Crippen MR) is 86.9 cm³/mol. The van der Waals surface area contributed by atoms with E-state index in [0.717, 1.165) is 0 Å². The summed E-state index contributed by atoms with van der Waals surface area (Å²) in [7, 11) is 0. The SMILES string of the molecule is Cc1cnc(Cn2ccc3ncc(C(=O)OC(C)C)cc3c2=O)o1. The summed E-state index contributed by atoms with van der Waals surface area (Å²) in [6.07, 6.45) is 4.40. The molecule has 0 aromatic carbocycles. The van der Waals surface area contributed by atoms with Crippen LogP contribution in [-0.2, 0) is 11.3 Å². The Hall–Kier alpha value is -2.96. The summed E-state index contributed by atoms with van der Waals surface area (Å²) in [5, 5.41) is 0.346. The maximum absolute atomic E-state index is 12.6. The summed E-state index contributed by atoms with van der Waals surface area (Å²) in [6, 6.07) is 3.22. The fourth-order valence-electron chi connectivity index (χ4n) is 2.30. The Kier molecular flexibility index (Phi) is 4.16. The van der Waals surface area contributed by atoms with Crippen molar-refractivity contribution in [1.29, 1.82) is 0 Å². The number of nitrogens with zero attached hydrogens (tertiary/aromatic N) is 3. The van der Waals surface area contributed by atoms with Gasteiger partial charge < -0.3 is 13.7 Å². The first-order chi connectivity index (χ1) is 11.4. The number of rotatable bonds is 4. The molecule has 0 amide bonds. The number of aryl methyl sites for hydroxylation is 1. The number of aromatic nitrogens is 3. The van der Waals surface area contributed by atoms with E-state index in [1.54, 1.807) is 39.2 Å². The number of pyridine rings is 2. The number of fused-ring (bicyclic) bond motifs is 1. The van der Waals surface area contributed by atoms with Gasteiger partial charge in [0.15, 0.2) is 0 Å². The molecule has 7 heteroatoms. The van der Waals surface area contributed by atoms with Gasteiger partial charge in [0, 0.05) is 12.4 Å². The maximum Gasteiger partial charge on any atom is 0.339 e. The van der Waals surface area contributed by atoms with Crippen molar-refractivity contribution in [3.05, 3.63) is 58.3 Å². The zero-order valence-corrected chi connectivity index (χ0v) is 13.6. The third-order valence-electron chi connectivity index (χ3n) is 3.38. The maximum atomic E-state index is 12.6. The molecule has 3 aromatic rings. The molecule has 0 unspecified atom stereocenters. The van der Waals surface area contributed by atoms with Crippen LogP contribution >= 0.6 is 0 Å². The van der Waals surface area contributed by atoms with Crippen LogP contribution in [0.2, 0.25) is 0 Å². The second-order valence-electron chi connectivity index (χ2n) is 5.72. The number of hydrogen-bond donors (Lipinski definition) is 0. The van der Waals surface area contributed by atoms with E-state index in [-0.39, 0.29) is 23.8 Å². The molecule has 0 radical (unpaired) electrons. The lowest BCUT2D eigenvalue weighted by Crippen LogP contribution is -2.21. The molecule has 3 rings (SSSR count). The summed E-state index contributed by atoms with van der Waals surface area (Å²) in [5.41, 5.74) is 0.494. The van der Waals surface area contributed by atoms with Gasteiger partial charge in [-0.2, -0.15) is 0 Å². The monoisotopic (exact) mass is 327 g/mol. The smallest absolute Gasteiger partial charge is 0.339 e. The highest BCUT2D eigenvalue weighted by Gasteiger charge is 2.13. The number of carbonyl (C=O) groups is 1. The Morgan fingerprint density at radius 3 is 2.79 bits per heavy atom. The molecule has 0 saturated heterocycles. The topological polar surface area (TPSA) is 87.2 Å². The summed E-state index contributed by atoms with van der Waals surface area (Å²) in [6.45, 7) is 5.52. The van der Waals surface area contributed by atoms with Crippen LogP contribution in [0.3, 0.4) is 0 Å². The van der Waals surface area contributed by atoms with Crippen molar-refractivity contribution >= 4 is 16.9 Å². The van der Waals surface area contributed by atoms with Crippen molar-refractivity contribution in [2.75, 3.05) is 0 Å². The highest BCUT2D eigenvalue weighted by atomic mass is 16.5. The highest BCUT2D eigenvalue weighted by molar-refractivity contribution is 5.93. The van der Waals surface area contributed by atoms with Crippen LogP contribution in [0.1, 0.15) is 35.9 Å². The Morgan fingerprint density at radius 1 is 1.33 bits per heavy atom. The van der Waals surface area contributed by atoms with Crippen LogP contribution in [0, 0.1) is 6.92 Å². The number of oxazole rings is 1. The Labute approximate surface area is 137 Å². The summed E-state index contributed by atoms with van der Waals surface area (Å²) in [5.74, 6) is 0.619. The molecule has 0 spiro atoms. The number of esters is 1. The largest absolute Gasteiger partial charge is 0.459 e. The normalized spacial score (nSPS) is 11.2. The van der Waals surface area contributed by atoms with Crippen molar-refractivity contribution in [1.82, 2.24) is 14.5 Å². The zero-order valence-electron chi connectivity index (χ0n) is 13.6. The van der Waals surface area contributed by atoms with E-state index in [1.807, 2.05) is 0 Å². The van der Waals surface area contributed by atoms with Crippen LogP contribution in [0.25, 0.3) is 10.9 Å². The Bertz CT molecular complexity index is 956. The molecular formula is C17H17N3O4. The average Bonchev–Trinajstić information content (AvgIpc) is 2.94. The fourth-order valence-corrected chi connectivity index (χ4v) is 2.30. The van der Waals surface area contributed by atoms with E-state index in [9.17, 15) is 9.59 Å². The van der Waals surface area contributed by atoms with Crippen LogP contribution in [0.15, 0.2) is 39.9 Å². The number of ether oxygens (including phenoxy) is 1. The lowest BCUT2D eigenvalue weighted by molar-refractivity contribution is 0.0377. The standard InChI is InChI=1S/C17H17N3O4/c1-10(2)23-17(22)12-6-13-14(18-8-12)4-5-20(16(13)21)9-15-19-7-11(3)24-15/h4-8,10H,9H2,1-3H3. The van der Waals surface area contributed by atoms with Gasteiger partial charge in [-0.3, -0.25) is 9.78 Å². The van der Waals surface area contributed by atoms with Crippen LogP contribution in [0.4, 0.5) is 0 Å². The van der Waals surface area contributed by atoms with Crippen LogP contribution < -0.4 is 5.56 Å². The minimum absolute atomic E-state index is 0.212. The van der Waals surface area contributed by atoms with Crippen molar-refractivity contribution in [3.8, 4) is 0 Å². The molecule has 0 saturated carbocycles. The van der Waals surface area contributed by atoms with E-state index >= 15 is 0 Å². The fraction of sp³-hybridized carbons (Fsp3) is 0.294. The summed E-state index contributed by atoms with van der Waals surface area (Å²) < 4.78 is 12.0. The molecule has 0 aliphatic heterocycles. The second-order valence-corrected chi connectivity index (χ2v) is 5.72. The second kappa shape index (κ2) is 6.27. The predicted octanol–water partition coefficient (Wildman–Crippen LogP) is 2.31. The van der Waals surface area contributed by atoms with E-state index in [0.29, 0.717) is 22.6 Å². The molecule has 24 heavy (non-hydrogen) atoms. The van der Waals surface area contributed by atoms with E-state index in [1.165, 1.54) is 16.8 Å². The lowest BCUT2D eigenvalue weighted by atomic mass is 10.2. The van der Waals surface area contributed by atoms with E-state index < -0.39 is 5.97 Å². The number of carbonyl (C=O) groups excluding carboxylic acids is 1. The molecular weight excluding hydrogens is 310 g/mol. The molecule has 0 aliphatic carbocycles. The number of hydrogen-bond acceptors (Lipinski definition) is 6. The highest BCUT2D eigenvalue weighted by Crippen LogP contribution is 2.12. The quantitative estimate of drug-likeness (QED) is 0.683. The molecule has 124 valence electrons. The van der Waals surface area contributed by atoms with Gasteiger partial charge >= 0.3 is 5.97 Å². The molecule has 0 atom stereocenters. The van der Waals surface area contributed by atoms with Crippen LogP contribution in [-0.4, -0.2) is 26.6 Å². The third-order valence-corrected chi connectivity index (χ3v) is 3.38. The van der Waals surface area contributed by atoms with Gasteiger partial charge in [0.25, 0.3) is 5.56 Å². The molecule has 0 N–H and O–H groups in total. The Balaban J connectivity index is 2.00. The summed E-state index contributed by atoms with van der Waals surface area (Å²) >= 11 is 0. The molecule has 7 nitrogen and oxygen atoms in total. The molecule has 0 bridgehead atoms. The van der Waals surface area contributed by atoms with Crippen molar-refractivity contribution in [2.45, 2.75) is 33.4 Å². The lowest BCUT2D eigenvalue weighted by Gasteiger charge is -2.09. The Morgan fingerprint density at radius 2 is 2.12 bits per heavy atom. The minimum atomic E-state index is -0.502. The first-order valence-corrected chi connectivity index (χ1v) is 7.55. The minimum Gasteiger partial charge on any atom is -0.459 e. The van der Waals surface area contributed by atoms with Crippen molar-refractivity contribution in [2.24, 2.45) is 0 Å². The van der Waals surface area contributed by atoms with E-state index in [2.05, 4.69) is 9.97 Å². The van der Waals surface area contributed by atoms with Gasteiger partial charge in [-0.05, 0) is 32.9 Å². The van der Waals surface area contributed by atoms with Crippen molar-refractivity contribution < 1.29 is 13.9 Å². The van der Waals surface area contributed by atoms with Gasteiger partial charge in [-0.1, -0.05) is 0 Å².